The van der Waals surface area contributed by atoms with Crippen LogP contribution in [0.4, 0.5) is 5.82 Å². The summed E-state index contributed by atoms with van der Waals surface area (Å²) >= 11 is 0. The molecule has 0 unspecified atom stereocenters. The van der Waals surface area contributed by atoms with Crippen LogP contribution >= 0.6 is 0 Å². The Hall–Kier alpha value is -3.15. The van der Waals surface area contributed by atoms with Crippen LogP contribution in [-0.4, -0.2) is 55.0 Å². The number of oxazole rings is 1. The highest BCUT2D eigenvalue weighted by atomic mass is 28.3. The van der Waals surface area contributed by atoms with E-state index in [9.17, 15) is 9.59 Å². The topological polar surface area (TPSA) is 148 Å². The number of azide groups is 1. The molecule has 3 rings (SSSR count). The summed E-state index contributed by atoms with van der Waals surface area (Å²) < 4.78 is 17.4. The van der Waals surface area contributed by atoms with E-state index in [1.165, 1.54) is 21.9 Å². The fraction of sp³-hybridized carbons (Fsp3) is 0.529. The van der Waals surface area contributed by atoms with Crippen LogP contribution in [0.1, 0.15) is 5.76 Å². The summed E-state index contributed by atoms with van der Waals surface area (Å²) in [4.78, 5) is 37.1. The molecule has 2 aromatic heterocycles. The maximum absolute atomic E-state index is 12.3. The Kier molecular flexibility index (Phi) is 6.55. The van der Waals surface area contributed by atoms with Crippen molar-refractivity contribution in [2.24, 2.45) is 5.11 Å². The van der Waals surface area contributed by atoms with E-state index >= 15 is 0 Å². The van der Waals surface area contributed by atoms with Gasteiger partial charge in [-0.15, -0.1) is 0 Å². The van der Waals surface area contributed by atoms with Crippen LogP contribution < -0.4 is 15.4 Å². The van der Waals surface area contributed by atoms with Crippen LogP contribution in [0.3, 0.4) is 0 Å². The second kappa shape index (κ2) is 9.11. The molecular formula is C17H23N7O5Si. The van der Waals surface area contributed by atoms with Crippen LogP contribution in [0.2, 0.25) is 25.7 Å². The molecule has 0 atom stereocenters. The number of anilines is 1. The molecule has 0 spiro atoms. The summed E-state index contributed by atoms with van der Waals surface area (Å²) in [5.74, 6) is -0.0980. The number of carbonyl (C=O) groups excluding carboxylic acids is 1. The summed E-state index contributed by atoms with van der Waals surface area (Å²) in [5, 5.41) is 3.41. The van der Waals surface area contributed by atoms with Crippen LogP contribution in [-0.2, 0) is 16.0 Å². The molecule has 0 saturated carbocycles. The van der Waals surface area contributed by atoms with Crippen molar-refractivity contribution in [2.45, 2.75) is 32.1 Å². The quantitative estimate of drug-likeness (QED) is 0.193. The highest BCUT2D eigenvalue weighted by molar-refractivity contribution is 6.76. The van der Waals surface area contributed by atoms with Crippen molar-refractivity contribution < 1.29 is 18.7 Å². The van der Waals surface area contributed by atoms with Gasteiger partial charge in [0.05, 0.1) is 12.4 Å². The third-order valence-electron chi connectivity index (χ3n) is 4.27. The summed E-state index contributed by atoms with van der Waals surface area (Å²) in [5.41, 5.74) is 8.35. The third-order valence-corrected chi connectivity index (χ3v) is 5.98. The van der Waals surface area contributed by atoms with Gasteiger partial charge in [0.15, 0.2) is 12.4 Å². The number of fused-ring (bicyclic) bond motifs is 1. The van der Waals surface area contributed by atoms with E-state index < -0.39 is 13.8 Å². The molecule has 160 valence electrons. The molecule has 0 radical (unpaired) electrons. The lowest BCUT2D eigenvalue weighted by Gasteiger charge is -2.27. The predicted molar refractivity (Wildman–Crippen MR) is 110 cm³/mol. The van der Waals surface area contributed by atoms with Crippen molar-refractivity contribution in [3.63, 3.8) is 0 Å². The van der Waals surface area contributed by atoms with Gasteiger partial charge >= 0.3 is 5.76 Å². The Balaban J connectivity index is 1.80. The maximum atomic E-state index is 12.3. The molecule has 1 amide bonds. The number of rotatable bonds is 9. The summed E-state index contributed by atoms with van der Waals surface area (Å²) in [6.45, 7) is 7.29. The van der Waals surface area contributed by atoms with Crippen molar-refractivity contribution in [3.05, 3.63) is 39.1 Å². The lowest BCUT2D eigenvalue weighted by atomic mass is 10.3. The second-order valence-electron chi connectivity index (χ2n) is 7.85. The molecule has 3 heterocycles. The molecule has 0 N–H and O–H groups in total. The van der Waals surface area contributed by atoms with Gasteiger partial charge in [-0.3, -0.25) is 9.69 Å². The van der Waals surface area contributed by atoms with Gasteiger partial charge in [0.25, 0.3) is 11.8 Å². The zero-order chi connectivity index (χ0) is 21.7. The number of amides is 1. The van der Waals surface area contributed by atoms with Gasteiger partial charge in [-0.1, -0.05) is 24.8 Å². The van der Waals surface area contributed by atoms with E-state index in [-0.39, 0.29) is 49.7 Å². The molecule has 12 nitrogen and oxygen atoms in total. The van der Waals surface area contributed by atoms with Gasteiger partial charge in [0, 0.05) is 32.6 Å². The molecule has 0 bridgehead atoms. The first-order valence-corrected chi connectivity index (χ1v) is 13.1. The van der Waals surface area contributed by atoms with Crippen LogP contribution in [0, 0.1) is 0 Å². The minimum absolute atomic E-state index is 0.0233. The van der Waals surface area contributed by atoms with Gasteiger partial charge in [-0.2, -0.15) is 0 Å². The lowest BCUT2D eigenvalue weighted by molar-refractivity contribution is -0.122. The van der Waals surface area contributed by atoms with E-state index in [0.29, 0.717) is 12.4 Å². The third kappa shape index (κ3) is 5.26. The number of hydrogen-bond donors (Lipinski definition) is 0. The Morgan fingerprint density at radius 3 is 2.90 bits per heavy atom. The summed E-state index contributed by atoms with van der Waals surface area (Å²) in [7, 11) is -1.26. The molecule has 0 aliphatic carbocycles. The Bertz CT molecular complexity index is 1020. The molecule has 2 aromatic rings. The SMILES string of the molecule is C[Si](C)(C)CCOCN1C(=O)COc2ncc(-n3cc(CCN=[N+]=[N-])oc3=O)nc21. The van der Waals surface area contributed by atoms with Crippen LogP contribution in [0.5, 0.6) is 5.88 Å². The maximum Gasteiger partial charge on any atom is 0.425 e. The fourth-order valence-electron chi connectivity index (χ4n) is 2.61. The molecule has 30 heavy (non-hydrogen) atoms. The van der Waals surface area contributed by atoms with E-state index in [1.807, 2.05) is 0 Å². The zero-order valence-corrected chi connectivity index (χ0v) is 18.1. The molecular weight excluding hydrogens is 410 g/mol. The van der Waals surface area contributed by atoms with Gasteiger partial charge in [-0.05, 0) is 11.6 Å². The van der Waals surface area contributed by atoms with Crippen molar-refractivity contribution >= 4 is 19.8 Å². The first-order chi connectivity index (χ1) is 14.3. The molecule has 1 aliphatic heterocycles. The number of ether oxygens (including phenoxy) is 2. The first-order valence-electron chi connectivity index (χ1n) is 9.39. The standard InChI is InChI=1S/C17H23N7O5Si/c1-30(2,3)7-6-27-11-24-14(25)10-28-16-15(24)21-13(8-19-16)23-9-12(29-17(23)26)4-5-20-22-18/h8-9H,4-7,10-11H2,1-3H3. The number of aromatic nitrogens is 3. The minimum atomic E-state index is -1.26. The van der Waals surface area contributed by atoms with Crippen molar-refractivity contribution in [2.75, 3.05) is 31.4 Å². The fourth-order valence-corrected chi connectivity index (χ4v) is 3.37. The zero-order valence-electron chi connectivity index (χ0n) is 17.1. The van der Waals surface area contributed by atoms with E-state index in [1.54, 1.807) is 0 Å². The second-order valence-corrected chi connectivity index (χ2v) is 13.5. The number of carbonyl (C=O) groups is 1. The normalized spacial score (nSPS) is 13.6. The molecule has 0 saturated heterocycles. The highest BCUT2D eigenvalue weighted by Crippen LogP contribution is 2.28. The highest BCUT2D eigenvalue weighted by Gasteiger charge is 2.29. The number of hydrogen-bond acceptors (Lipinski definition) is 8. The van der Waals surface area contributed by atoms with E-state index in [4.69, 9.17) is 19.4 Å². The van der Waals surface area contributed by atoms with Gasteiger partial charge < -0.3 is 13.9 Å². The molecule has 13 heteroatoms. The number of nitrogens with zero attached hydrogens (tertiary/aromatic N) is 7. The average molecular weight is 434 g/mol. The Labute approximate surface area is 173 Å². The smallest absolute Gasteiger partial charge is 0.425 e. The summed E-state index contributed by atoms with van der Waals surface area (Å²) in [6.07, 6.45) is 3.07. The summed E-state index contributed by atoms with van der Waals surface area (Å²) in [6, 6.07) is 0.965. The average Bonchev–Trinajstić information content (AvgIpc) is 3.06. The Morgan fingerprint density at radius 2 is 2.17 bits per heavy atom. The lowest BCUT2D eigenvalue weighted by Crippen LogP contribution is -2.41. The van der Waals surface area contributed by atoms with Gasteiger partial charge in [0.2, 0.25) is 5.82 Å². The predicted octanol–water partition coefficient (Wildman–Crippen LogP) is 2.11. The monoisotopic (exact) mass is 433 g/mol. The molecule has 0 aromatic carbocycles. The first kappa shape index (κ1) is 21.6. The van der Waals surface area contributed by atoms with Crippen molar-refractivity contribution in [1.29, 1.82) is 0 Å². The van der Waals surface area contributed by atoms with Crippen LogP contribution in [0.25, 0.3) is 16.3 Å². The van der Waals surface area contributed by atoms with E-state index in [0.717, 1.165) is 6.04 Å². The van der Waals surface area contributed by atoms with Gasteiger partial charge in [-0.25, -0.2) is 19.3 Å². The van der Waals surface area contributed by atoms with E-state index in [2.05, 4.69) is 39.6 Å². The van der Waals surface area contributed by atoms with Crippen LogP contribution in [0.15, 0.2) is 26.7 Å². The largest absolute Gasteiger partial charge is 0.465 e. The van der Waals surface area contributed by atoms with Gasteiger partial charge in [0.1, 0.15) is 12.5 Å². The Morgan fingerprint density at radius 1 is 1.37 bits per heavy atom. The van der Waals surface area contributed by atoms with Crippen molar-refractivity contribution in [3.8, 4) is 11.7 Å². The minimum Gasteiger partial charge on any atom is -0.465 e. The van der Waals surface area contributed by atoms with Crippen molar-refractivity contribution in [1.82, 2.24) is 14.5 Å². The molecule has 1 aliphatic rings. The molecule has 0 fully saturated rings.